The molecule has 0 spiro atoms. The highest BCUT2D eigenvalue weighted by atomic mass is 32.1. The van der Waals surface area contributed by atoms with E-state index in [9.17, 15) is 5.11 Å². The summed E-state index contributed by atoms with van der Waals surface area (Å²) in [5.41, 5.74) is 5.75. The highest BCUT2D eigenvalue weighted by Crippen LogP contribution is 2.39. The van der Waals surface area contributed by atoms with Crippen LogP contribution < -0.4 is 11.1 Å². The lowest BCUT2D eigenvalue weighted by molar-refractivity contribution is 0.454. The van der Waals surface area contributed by atoms with Crippen LogP contribution in [0.2, 0.25) is 0 Å². The van der Waals surface area contributed by atoms with Crippen LogP contribution >= 0.6 is 22.7 Å². The molecule has 0 aliphatic heterocycles. The van der Waals surface area contributed by atoms with E-state index in [1.165, 1.54) is 22.7 Å². The zero-order valence-corrected chi connectivity index (χ0v) is 9.87. The monoisotopic (exact) mass is 242 g/mol. The Labute approximate surface area is 94.6 Å². The van der Waals surface area contributed by atoms with Gasteiger partial charge in [-0.3, -0.25) is 0 Å². The number of aromatic nitrogens is 2. The molecule has 2 aromatic rings. The van der Waals surface area contributed by atoms with E-state index in [2.05, 4.69) is 15.3 Å². The number of aryl methyl sites for hydroxylation is 1. The van der Waals surface area contributed by atoms with Gasteiger partial charge < -0.3 is 16.2 Å². The van der Waals surface area contributed by atoms with Crippen molar-refractivity contribution < 1.29 is 5.11 Å². The highest BCUT2D eigenvalue weighted by Gasteiger charge is 2.15. The first-order valence-corrected chi connectivity index (χ1v) is 5.86. The van der Waals surface area contributed by atoms with Gasteiger partial charge in [-0.1, -0.05) is 11.3 Å². The number of hydrogen-bond donors (Lipinski definition) is 3. The summed E-state index contributed by atoms with van der Waals surface area (Å²) in [4.78, 5) is 9.72. The molecule has 2 aromatic heterocycles. The lowest BCUT2D eigenvalue weighted by Gasteiger charge is -1.88. The summed E-state index contributed by atoms with van der Waals surface area (Å²) >= 11 is 2.83. The maximum Gasteiger partial charge on any atom is 0.225 e. The average Bonchev–Trinajstić information content (AvgIpc) is 2.71. The molecular formula is C8H10N4OS2. The van der Waals surface area contributed by atoms with Crippen LogP contribution in [0.25, 0.3) is 9.88 Å². The zero-order valence-electron chi connectivity index (χ0n) is 8.24. The molecule has 0 unspecified atom stereocenters. The van der Waals surface area contributed by atoms with Crippen molar-refractivity contribution in [1.82, 2.24) is 9.97 Å². The van der Waals surface area contributed by atoms with E-state index in [0.717, 1.165) is 14.9 Å². The fourth-order valence-electron chi connectivity index (χ4n) is 1.08. The zero-order chi connectivity index (χ0) is 11.0. The van der Waals surface area contributed by atoms with Gasteiger partial charge in [-0.2, -0.15) is 0 Å². The van der Waals surface area contributed by atoms with Gasteiger partial charge in [0, 0.05) is 7.05 Å². The van der Waals surface area contributed by atoms with Crippen LogP contribution in [0.15, 0.2) is 0 Å². The average molecular weight is 242 g/mol. The normalized spacial score (nSPS) is 10.5. The van der Waals surface area contributed by atoms with Crippen molar-refractivity contribution in [3.8, 4) is 15.8 Å². The van der Waals surface area contributed by atoms with Crippen LogP contribution in [0.1, 0.15) is 4.88 Å². The predicted octanol–water partition coefficient (Wildman–Crippen LogP) is 1.90. The molecule has 0 aromatic carbocycles. The van der Waals surface area contributed by atoms with Gasteiger partial charge in [0.1, 0.15) is 15.7 Å². The molecular weight excluding hydrogens is 232 g/mol. The Balaban J connectivity index is 2.48. The summed E-state index contributed by atoms with van der Waals surface area (Å²) in [7, 11) is 1.78. The molecule has 0 aliphatic carbocycles. The first kappa shape index (κ1) is 10.2. The number of thiazole rings is 2. The summed E-state index contributed by atoms with van der Waals surface area (Å²) in [6, 6.07) is 0. The van der Waals surface area contributed by atoms with Crippen LogP contribution in [0.5, 0.6) is 5.88 Å². The minimum atomic E-state index is 0.0637. The fraction of sp³-hybridized carbons (Fsp3) is 0.250. The molecule has 0 atom stereocenters. The van der Waals surface area contributed by atoms with E-state index < -0.39 is 0 Å². The van der Waals surface area contributed by atoms with E-state index in [4.69, 9.17) is 5.73 Å². The quantitative estimate of drug-likeness (QED) is 0.749. The molecule has 0 saturated carbocycles. The molecule has 0 aliphatic rings. The second-order valence-electron chi connectivity index (χ2n) is 2.88. The minimum absolute atomic E-state index is 0.0637. The lowest BCUT2D eigenvalue weighted by atomic mass is 10.5. The molecule has 7 heteroatoms. The molecule has 0 amide bonds. The topological polar surface area (TPSA) is 84.1 Å². The van der Waals surface area contributed by atoms with Gasteiger partial charge in [-0.05, 0) is 6.92 Å². The van der Waals surface area contributed by atoms with Gasteiger partial charge in [0.25, 0.3) is 0 Å². The smallest absolute Gasteiger partial charge is 0.225 e. The second-order valence-corrected chi connectivity index (χ2v) is 5.08. The van der Waals surface area contributed by atoms with Crippen LogP contribution in [0, 0.1) is 6.92 Å². The van der Waals surface area contributed by atoms with Crippen molar-refractivity contribution in [2.45, 2.75) is 6.92 Å². The van der Waals surface area contributed by atoms with E-state index in [1.54, 1.807) is 7.05 Å². The third kappa shape index (κ3) is 1.75. The van der Waals surface area contributed by atoms with Gasteiger partial charge in [0.05, 0.1) is 4.88 Å². The number of nitrogens with one attached hydrogen (secondary N) is 1. The van der Waals surface area contributed by atoms with E-state index in [1.807, 2.05) is 6.92 Å². The van der Waals surface area contributed by atoms with Crippen molar-refractivity contribution in [3.63, 3.8) is 0 Å². The highest BCUT2D eigenvalue weighted by molar-refractivity contribution is 7.24. The summed E-state index contributed by atoms with van der Waals surface area (Å²) in [5.74, 6) is 0.506. The first-order valence-electron chi connectivity index (χ1n) is 4.22. The number of hydrogen-bond acceptors (Lipinski definition) is 7. The maximum absolute atomic E-state index is 9.38. The second kappa shape index (κ2) is 3.67. The largest absolute Gasteiger partial charge is 0.492 e. The standard InChI is InChI=1S/C8H10N4OS2/c1-3-6(13)12-7(14-3)4-5(9)11-8(10-2)15-4/h13H,9H2,1-2H3,(H,10,11). The molecule has 15 heavy (non-hydrogen) atoms. The van der Waals surface area contributed by atoms with Gasteiger partial charge in [-0.15, -0.1) is 11.3 Å². The summed E-state index contributed by atoms with van der Waals surface area (Å²) in [6.45, 7) is 1.81. The van der Waals surface area contributed by atoms with E-state index in [0.29, 0.717) is 10.8 Å². The van der Waals surface area contributed by atoms with Gasteiger partial charge in [0.15, 0.2) is 5.13 Å². The third-order valence-electron chi connectivity index (χ3n) is 1.83. The fourth-order valence-corrected chi connectivity index (χ4v) is 2.81. The van der Waals surface area contributed by atoms with Crippen molar-refractivity contribution >= 4 is 33.6 Å². The Morgan fingerprint density at radius 1 is 1.33 bits per heavy atom. The molecule has 5 nitrogen and oxygen atoms in total. The van der Waals surface area contributed by atoms with E-state index >= 15 is 0 Å². The van der Waals surface area contributed by atoms with Crippen LogP contribution in [-0.4, -0.2) is 22.1 Å². The molecule has 2 rings (SSSR count). The predicted molar refractivity (Wildman–Crippen MR) is 63.6 cm³/mol. The molecule has 0 fully saturated rings. The summed E-state index contributed by atoms with van der Waals surface area (Å²) in [5, 5.41) is 13.8. The molecule has 0 radical (unpaired) electrons. The number of anilines is 2. The number of rotatable bonds is 2. The van der Waals surface area contributed by atoms with Gasteiger partial charge in [0.2, 0.25) is 5.88 Å². The lowest BCUT2D eigenvalue weighted by Crippen LogP contribution is -1.89. The molecule has 80 valence electrons. The minimum Gasteiger partial charge on any atom is -0.492 e. The number of nitrogen functional groups attached to an aromatic ring is 1. The first-order chi connectivity index (χ1) is 7.11. The Kier molecular flexibility index (Phi) is 2.49. The van der Waals surface area contributed by atoms with Crippen LogP contribution in [0.3, 0.4) is 0 Å². The van der Waals surface area contributed by atoms with E-state index in [-0.39, 0.29) is 5.88 Å². The third-order valence-corrected chi connectivity index (χ3v) is 4.04. The number of aromatic hydroxyl groups is 1. The van der Waals surface area contributed by atoms with Crippen LogP contribution in [-0.2, 0) is 0 Å². The Morgan fingerprint density at radius 2 is 2.07 bits per heavy atom. The molecule has 4 N–H and O–H groups in total. The Bertz CT molecular complexity index is 471. The summed E-state index contributed by atoms with van der Waals surface area (Å²) < 4.78 is 0. The molecule has 0 bridgehead atoms. The SMILES string of the molecule is CNc1nc(N)c(-c2nc(O)c(C)s2)s1. The van der Waals surface area contributed by atoms with Crippen molar-refractivity contribution in [3.05, 3.63) is 4.88 Å². The molecule has 0 saturated heterocycles. The van der Waals surface area contributed by atoms with Crippen molar-refractivity contribution in [2.75, 3.05) is 18.1 Å². The van der Waals surface area contributed by atoms with Crippen molar-refractivity contribution in [2.24, 2.45) is 0 Å². The molecule has 2 heterocycles. The summed E-state index contributed by atoms with van der Waals surface area (Å²) in [6.07, 6.45) is 0. The van der Waals surface area contributed by atoms with Gasteiger partial charge >= 0.3 is 0 Å². The number of nitrogens with two attached hydrogens (primary N) is 1. The van der Waals surface area contributed by atoms with Gasteiger partial charge in [-0.25, -0.2) is 9.97 Å². The van der Waals surface area contributed by atoms with Crippen molar-refractivity contribution in [1.29, 1.82) is 0 Å². The Morgan fingerprint density at radius 3 is 2.53 bits per heavy atom. The Hall–Kier alpha value is -1.34. The van der Waals surface area contributed by atoms with Crippen LogP contribution in [0.4, 0.5) is 10.9 Å². The maximum atomic E-state index is 9.38. The number of nitrogens with zero attached hydrogens (tertiary/aromatic N) is 2.